The van der Waals surface area contributed by atoms with Gasteiger partial charge in [0.05, 0.1) is 24.5 Å². The van der Waals surface area contributed by atoms with Crippen molar-refractivity contribution in [3.8, 4) is 16.9 Å². The molecular formula is C23H22ClFN2O3. The smallest absolute Gasteiger partial charge is 0.334 e. The van der Waals surface area contributed by atoms with Gasteiger partial charge in [-0.2, -0.15) is 0 Å². The zero-order valence-electron chi connectivity index (χ0n) is 16.6. The molecule has 0 aliphatic heterocycles. The van der Waals surface area contributed by atoms with E-state index in [1.807, 2.05) is 0 Å². The molecule has 0 bridgehead atoms. The molecule has 156 valence electrons. The SMILES string of the molecule is COc1ccc(Cc2ccc(N(Cl)C(N)=O)cc2)c(F)c1-c1cccc(C(C)O)c1. The summed E-state index contributed by atoms with van der Waals surface area (Å²) >= 11 is 5.80. The van der Waals surface area contributed by atoms with Gasteiger partial charge in [0.1, 0.15) is 11.6 Å². The molecular weight excluding hydrogens is 407 g/mol. The van der Waals surface area contributed by atoms with Gasteiger partial charge in [0.25, 0.3) is 0 Å². The molecule has 5 nitrogen and oxygen atoms in total. The van der Waals surface area contributed by atoms with Crippen molar-refractivity contribution in [3.05, 3.63) is 83.2 Å². The number of hydrogen-bond donors (Lipinski definition) is 2. The summed E-state index contributed by atoms with van der Waals surface area (Å²) in [5.74, 6) is 0.0193. The zero-order chi connectivity index (χ0) is 21.8. The molecule has 0 saturated carbocycles. The van der Waals surface area contributed by atoms with E-state index in [0.717, 1.165) is 9.98 Å². The molecule has 0 radical (unpaired) electrons. The molecule has 0 saturated heterocycles. The molecule has 0 aromatic heterocycles. The Bertz CT molecular complexity index is 1050. The van der Waals surface area contributed by atoms with E-state index in [-0.39, 0.29) is 0 Å². The molecule has 30 heavy (non-hydrogen) atoms. The summed E-state index contributed by atoms with van der Waals surface area (Å²) in [5.41, 5.74) is 8.56. The number of rotatable bonds is 6. The first-order chi connectivity index (χ1) is 14.3. The Labute approximate surface area is 179 Å². The van der Waals surface area contributed by atoms with Crippen LogP contribution in [0.4, 0.5) is 14.9 Å². The predicted molar refractivity (Wildman–Crippen MR) is 116 cm³/mol. The average molecular weight is 429 g/mol. The molecule has 3 aromatic rings. The molecule has 0 aliphatic rings. The number of nitrogens with zero attached hydrogens (tertiary/aromatic N) is 1. The largest absolute Gasteiger partial charge is 0.496 e. The van der Waals surface area contributed by atoms with Crippen LogP contribution in [0.5, 0.6) is 5.75 Å². The van der Waals surface area contributed by atoms with Crippen molar-refractivity contribution in [1.82, 2.24) is 0 Å². The summed E-state index contributed by atoms with van der Waals surface area (Å²) in [6, 6.07) is 16.5. The molecule has 7 heteroatoms. The van der Waals surface area contributed by atoms with Crippen LogP contribution in [0.15, 0.2) is 60.7 Å². The van der Waals surface area contributed by atoms with Crippen molar-refractivity contribution in [1.29, 1.82) is 0 Å². The fourth-order valence-corrected chi connectivity index (χ4v) is 3.34. The van der Waals surface area contributed by atoms with Crippen LogP contribution < -0.4 is 14.9 Å². The number of halogens is 2. The lowest BCUT2D eigenvalue weighted by Gasteiger charge is -2.15. The highest BCUT2D eigenvalue weighted by Crippen LogP contribution is 2.36. The number of anilines is 1. The second-order valence-electron chi connectivity index (χ2n) is 6.88. The highest BCUT2D eigenvalue weighted by Gasteiger charge is 2.18. The van der Waals surface area contributed by atoms with E-state index in [0.29, 0.717) is 40.1 Å². The number of methoxy groups -OCH3 is 1. The number of carbonyl (C=O) groups excluding carboxylic acids is 1. The van der Waals surface area contributed by atoms with Gasteiger partial charge in [-0.3, -0.25) is 0 Å². The maximum Gasteiger partial charge on any atom is 0.334 e. The van der Waals surface area contributed by atoms with Crippen LogP contribution in [0.25, 0.3) is 11.1 Å². The third-order valence-corrected chi connectivity index (χ3v) is 5.17. The van der Waals surface area contributed by atoms with Gasteiger partial charge in [-0.1, -0.05) is 36.4 Å². The van der Waals surface area contributed by atoms with Crippen molar-refractivity contribution in [2.24, 2.45) is 5.73 Å². The summed E-state index contributed by atoms with van der Waals surface area (Å²) in [4.78, 5) is 11.2. The van der Waals surface area contributed by atoms with Crippen LogP contribution in [0.2, 0.25) is 0 Å². The van der Waals surface area contributed by atoms with Gasteiger partial charge in [-0.25, -0.2) is 13.6 Å². The van der Waals surface area contributed by atoms with Crippen LogP contribution in [0.1, 0.15) is 29.7 Å². The van der Waals surface area contributed by atoms with Crippen LogP contribution in [0.3, 0.4) is 0 Å². The number of hydrogen-bond acceptors (Lipinski definition) is 3. The molecule has 1 unspecified atom stereocenters. The third kappa shape index (κ3) is 4.56. The number of carbonyl (C=O) groups is 1. The van der Waals surface area contributed by atoms with E-state index in [4.69, 9.17) is 22.2 Å². The number of primary amides is 1. The first-order valence-corrected chi connectivity index (χ1v) is 9.63. The summed E-state index contributed by atoms with van der Waals surface area (Å²) in [7, 11) is 1.49. The predicted octanol–water partition coefficient (Wildman–Crippen LogP) is 5.18. The average Bonchev–Trinajstić information content (AvgIpc) is 2.75. The molecule has 3 aromatic carbocycles. The zero-order valence-corrected chi connectivity index (χ0v) is 17.4. The fraction of sp³-hybridized carbons (Fsp3) is 0.174. The molecule has 0 fully saturated rings. The van der Waals surface area contributed by atoms with E-state index >= 15 is 4.39 Å². The van der Waals surface area contributed by atoms with Gasteiger partial charge in [0, 0.05) is 18.2 Å². The molecule has 3 N–H and O–H groups in total. The Morgan fingerprint density at radius 1 is 1.20 bits per heavy atom. The molecule has 2 amide bonds. The van der Waals surface area contributed by atoms with Crippen LogP contribution in [-0.2, 0) is 6.42 Å². The number of nitrogens with two attached hydrogens (primary N) is 1. The first kappa shape index (κ1) is 21.6. The van der Waals surface area contributed by atoms with E-state index in [1.54, 1.807) is 67.6 Å². The maximum atomic E-state index is 15.5. The van der Waals surface area contributed by atoms with Crippen molar-refractivity contribution in [3.63, 3.8) is 0 Å². The van der Waals surface area contributed by atoms with Crippen molar-refractivity contribution >= 4 is 23.5 Å². The number of benzene rings is 3. The van der Waals surface area contributed by atoms with Crippen molar-refractivity contribution < 1.29 is 19.0 Å². The van der Waals surface area contributed by atoms with Crippen LogP contribution in [-0.4, -0.2) is 18.2 Å². The summed E-state index contributed by atoms with van der Waals surface area (Å²) in [6.07, 6.45) is -0.333. The van der Waals surface area contributed by atoms with E-state index in [9.17, 15) is 9.90 Å². The number of amides is 2. The van der Waals surface area contributed by atoms with Crippen molar-refractivity contribution in [2.75, 3.05) is 11.5 Å². The lowest BCUT2D eigenvalue weighted by atomic mass is 9.95. The summed E-state index contributed by atoms with van der Waals surface area (Å²) in [5, 5.41) is 9.87. The quantitative estimate of drug-likeness (QED) is 0.531. The Balaban J connectivity index is 1.97. The Hall–Kier alpha value is -3.09. The number of urea groups is 1. The lowest BCUT2D eigenvalue weighted by molar-refractivity contribution is 0.199. The minimum atomic E-state index is -0.783. The third-order valence-electron chi connectivity index (χ3n) is 4.81. The Morgan fingerprint density at radius 2 is 1.90 bits per heavy atom. The second kappa shape index (κ2) is 9.15. The number of aliphatic hydroxyl groups is 1. The number of ether oxygens (including phenoxy) is 1. The fourth-order valence-electron chi connectivity index (χ4n) is 3.22. The van der Waals surface area contributed by atoms with E-state index < -0.39 is 18.0 Å². The van der Waals surface area contributed by atoms with E-state index in [1.165, 1.54) is 7.11 Å². The topological polar surface area (TPSA) is 75.8 Å². The van der Waals surface area contributed by atoms with Gasteiger partial charge < -0.3 is 15.6 Å². The Morgan fingerprint density at radius 3 is 2.50 bits per heavy atom. The summed E-state index contributed by atoms with van der Waals surface area (Å²) < 4.78 is 21.7. The molecule has 3 rings (SSSR count). The van der Waals surface area contributed by atoms with Gasteiger partial charge >= 0.3 is 6.03 Å². The highest BCUT2D eigenvalue weighted by molar-refractivity contribution is 6.36. The minimum Gasteiger partial charge on any atom is -0.496 e. The van der Waals surface area contributed by atoms with Crippen LogP contribution >= 0.6 is 11.8 Å². The minimum absolute atomic E-state index is 0.331. The highest BCUT2D eigenvalue weighted by atomic mass is 35.5. The van der Waals surface area contributed by atoms with Gasteiger partial charge in [0.2, 0.25) is 0 Å². The second-order valence-corrected chi connectivity index (χ2v) is 7.22. The molecule has 0 spiro atoms. The Kier molecular flexibility index (Phi) is 6.59. The first-order valence-electron chi connectivity index (χ1n) is 9.30. The van der Waals surface area contributed by atoms with Gasteiger partial charge in [0.15, 0.2) is 0 Å². The summed E-state index contributed by atoms with van der Waals surface area (Å²) in [6.45, 7) is 1.66. The van der Waals surface area contributed by atoms with Crippen LogP contribution in [0, 0.1) is 5.82 Å². The normalized spacial score (nSPS) is 11.8. The monoisotopic (exact) mass is 428 g/mol. The van der Waals surface area contributed by atoms with Crippen molar-refractivity contribution in [2.45, 2.75) is 19.4 Å². The van der Waals surface area contributed by atoms with E-state index in [2.05, 4.69) is 0 Å². The number of aliphatic hydroxyl groups excluding tert-OH is 1. The van der Waals surface area contributed by atoms with Gasteiger partial charge in [-0.05, 0) is 53.4 Å². The lowest BCUT2D eigenvalue weighted by Crippen LogP contribution is -2.26. The van der Waals surface area contributed by atoms with Gasteiger partial charge in [-0.15, -0.1) is 0 Å². The molecule has 0 heterocycles. The molecule has 0 aliphatic carbocycles. The standard InChI is InChI=1S/C23H22ClFN2O3/c1-14(28)16-4-3-5-17(13-16)21-20(30-2)11-8-18(22(21)25)12-15-6-9-19(10-7-15)27(24)23(26)29/h3-11,13-14,28H,12H2,1-2H3,(H2,26,29). The molecule has 1 atom stereocenters. The maximum absolute atomic E-state index is 15.5.